The van der Waals surface area contributed by atoms with Crippen LogP contribution in [0.15, 0.2) is 53.4 Å². The van der Waals surface area contributed by atoms with Crippen molar-refractivity contribution in [3.8, 4) is 23.5 Å². The largest absolute Gasteiger partial charge is 0.437 e. The molecule has 12 heteroatoms. The topological polar surface area (TPSA) is 131 Å². The van der Waals surface area contributed by atoms with E-state index in [1.54, 1.807) is 36.6 Å². The zero-order chi connectivity index (χ0) is 25.9. The number of pyridine rings is 1. The Balaban J connectivity index is 1.52. The lowest BCUT2D eigenvalue weighted by Crippen LogP contribution is -2.48. The molecule has 0 atom stereocenters. The minimum atomic E-state index is -0.580. The number of hydrogen-bond donors (Lipinski definition) is 2. The van der Waals surface area contributed by atoms with Crippen LogP contribution in [0.25, 0.3) is 5.82 Å². The number of nitriles is 1. The minimum Gasteiger partial charge on any atom is -0.437 e. The van der Waals surface area contributed by atoms with Gasteiger partial charge in [0, 0.05) is 17.6 Å². The van der Waals surface area contributed by atoms with Crippen molar-refractivity contribution in [3.05, 3.63) is 80.8 Å². The Hall–Kier alpha value is -4.24. The van der Waals surface area contributed by atoms with E-state index in [9.17, 15) is 14.9 Å². The van der Waals surface area contributed by atoms with Crippen LogP contribution < -0.4 is 15.4 Å². The molecule has 0 bridgehead atoms. The van der Waals surface area contributed by atoms with Crippen molar-refractivity contribution in [2.24, 2.45) is 0 Å². The number of hydrogen-bond acceptors (Lipinski definition) is 8. The predicted octanol–water partition coefficient (Wildman–Crippen LogP) is 4.34. The molecule has 1 aromatic carbocycles. The Morgan fingerprint density at radius 1 is 1.27 bits per heavy atom. The van der Waals surface area contributed by atoms with E-state index in [-0.39, 0.29) is 39.7 Å². The van der Waals surface area contributed by atoms with Gasteiger partial charge in [0.2, 0.25) is 5.88 Å². The molecule has 2 N–H and O–H groups in total. The van der Waals surface area contributed by atoms with Gasteiger partial charge < -0.3 is 20.1 Å². The summed E-state index contributed by atoms with van der Waals surface area (Å²) in [5.74, 6) is -0.0517. The molecule has 2 amide bonds. The average molecular weight is 535 g/mol. The first-order valence-corrected chi connectivity index (χ1v) is 12.4. The summed E-state index contributed by atoms with van der Waals surface area (Å²) in [5.41, 5.74) is 1.34. The second-order valence-electron chi connectivity index (χ2n) is 8.14. The number of nitrogens with one attached hydrogen (secondary N) is 2. The van der Waals surface area contributed by atoms with Crippen LogP contribution in [0.1, 0.15) is 32.0 Å². The van der Waals surface area contributed by atoms with E-state index >= 15 is 0 Å². The molecule has 10 nitrogen and oxygen atoms in total. The highest BCUT2D eigenvalue weighted by Crippen LogP contribution is 2.29. The van der Waals surface area contributed by atoms with Crippen LogP contribution in [-0.4, -0.2) is 45.8 Å². The van der Waals surface area contributed by atoms with Crippen LogP contribution in [0.2, 0.25) is 5.02 Å². The Labute approximate surface area is 220 Å². The summed E-state index contributed by atoms with van der Waals surface area (Å²) < 4.78 is 12.2. The molecule has 0 saturated carbocycles. The fourth-order valence-corrected chi connectivity index (χ4v) is 4.41. The van der Waals surface area contributed by atoms with E-state index in [1.807, 2.05) is 11.4 Å². The Bertz CT molecular complexity index is 1520. The lowest BCUT2D eigenvalue weighted by Gasteiger charge is -2.27. The number of halogens is 1. The summed E-state index contributed by atoms with van der Waals surface area (Å²) in [4.78, 5) is 30.9. The zero-order valence-corrected chi connectivity index (χ0v) is 21.0. The third kappa shape index (κ3) is 5.17. The van der Waals surface area contributed by atoms with Gasteiger partial charge in [0.15, 0.2) is 5.82 Å². The number of rotatable bonds is 7. The maximum absolute atomic E-state index is 13.6. The third-order valence-electron chi connectivity index (χ3n) is 5.50. The number of anilines is 1. The Kier molecular flexibility index (Phi) is 6.87. The lowest BCUT2D eigenvalue weighted by molar-refractivity contribution is -0.00344. The normalized spacial score (nSPS) is 12.9. The van der Waals surface area contributed by atoms with Crippen LogP contribution >= 0.6 is 22.9 Å². The molecule has 37 heavy (non-hydrogen) atoms. The van der Waals surface area contributed by atoms with Crippen LogP contribution in [0.3, 0.4) is 0 Å². The van der Waals surface area contributed by atoms with Crippen molar-refractivity contribution in [3.63, 3.8) is 0 Å². The molecule has 0 radical (unpaired) electrons. The fourth-order valence-electron chi connectivity index (χ4n) is 3.65. The van der Waals surface area contributed by atoms with Gasteiger partial charge in [-0.15, -0.1) is 16.4 Å². The highest BCUT2D eigenvalue weighted by molar-refractivity contribution is 7.08. The quantitative estimate of drug-likeness (QED) is 0.360. The summed E-state index contributed by atoms with van der Waals surface area (Å²) in [7, 11) is 0. The van der Waals surface area contributed by atoms with Gasteiger partial charge >= 0.3 is 0 Å². The highest BCUT2D eigenvalue weighted by Gasteiger charge is 2.26. The van der Waals surface area contributed by atoms with Gasteiger partial charge in [0.1, 0.15) is 11.4 Å². The van der Waals surface area contributed by atoms with Gasteiger partial charge in [-0.2, -0.15) is 5.26 Å². The molecule has 1 aliphatic heterocycles. The molecule has 3 aromatic heterocycles. The van der Waals surface area contributed by atoms with Crippen molar-refractivity contribution < 1.29 is 19.1 Å². The molecule has 4 heterocycles. The van der Waals surface area contributed by atoms with Gasteiger partial charge in [-0.3, -0.25) is 9.59 Å². The minimum absolute atomic E-state index is 0.0772. The number of benzene rings is 1. The molecule has 1 fully saturated rings. The molecular formula is C25H19ClN6O4S. The van der Waals surface area contributed by atoms with Crippen LogP contribution in [0.5, 0.6) is 11.6 Å². The molecule has 1 saturated heterocycles. The number of aryl methyl sites for hydroxylation is 1. The van der Waals surface area contributed by atoms with E-state index < -0.39 is 11.8 Å². The van der Waals surface area contributed by atoms with Gasteiger partial charge in [-0.25, -0.2) is 9.67 Å². The van der Waals surface area contributed by atoms with Crippen molar-refractivity contribution >= 4 is 40.4 Å². The molecular weight excluding hydrogens is 516 g/mol. The molecule has 0 spiro atoms. The van der Waals surface area contributed by atoms with Crippen molar-refractivity contribution in [2.45, 2.75) is 13.0 Å². The highest BCUT2D eigenvalue weighted by atomic mass is 35.5. The number of carbonyl (C=O) groups is 2. The molecule has 0 unspecified atom stereocenters. The molecule has 186 valence electrons. The maximum atomic E-state index is 13.6. The van der Waals surface area contributed by atoms with E-state index in [0.29, 0.717) is 30.1 Å². The van der Waals surface area contributed by atoms with E-state index in [2.05, 4.69) is 20.7 Å². The van der Waals surface area contributed by atoms with Gasteiger partial charge in [0.05, 0.1) is 47.2 Å². The molecule has 0 aliphatic carbocycles. The van der Waals surface area contributed by atoms with Crippen molar-refractivity contribution in [1.29, 1.82) is 5.26 Å². The first kappa shape index (κ1) is 24.5. The average Bonchev–Trinajstić information content (AvgIpc) is 3.53. The molecule has 5 rings (SSSR count). The predicted molar refractivity (Wildman–Crippen MR) is 137 cm³/mol. The monoisotopic (exact) mass is 534 g/mol. The summed E-state index contributed by atoms with van der Waals surface area (Å²) >= 11 is 7.81. The number of thiophene rings is 1. The summed E-state index contributed by atoms with van der Waals surface area (Å²) in [6.07, 6.45) is 1.53. The Morgan fingerprint density at radius 2 is 2.11 bits per heavy atom. The van der Waals surface area contributed by atoms with Crippen molar-refractivity contribution in [2.75, 3.05) is 18.5 Å². The first-order valence-electron chi connectivity index (χ1n) is 11.1. The SMILES string of the molecule is Cc1cc(C#N)cc(C(=O)NC2COC2)c1NC(=O)c1cc(Oc2ccsc2)nn1-c1ncccc1Cl. The van der Waals surface area contributed by atoms with Crippen molar-refractivity contribution in [1.82, 2.24) is 20.1 Å². The fraction of sp³-hybridized carbons (Fsp3) is 0.160. The van der Waals surface area contributed by atoms with Gasteiger partial charge in [0.25, 0.3) is 11.8 Å². The molecule has 1 aliphatic rings. The zero-order valence-electron chi connectivity index (χ0n) is 19.4. The number of nitrogens with zero attached hydrogens (tertiary/aromatic N) is 4. The number of ether oxygens (including phenoxy) is 2. The third-order valence-corrected chi connectivity index (χ3v) is 6.45. The second-order valence-corrected chi connectivity index (χ2v) is 9.33. The first-order chi connectivity index (χ1) is 17.9. The number of aromatic nitrogens is 3. The standard InChI is InChI=1S/C25H19ClN6O4S/c1-14-7-15(10-27)8-18(24(33)29-16-11-35-12-16)22(14)30-25(34)20-9-21(36-17-4-6-37-13-17)31-32(20)23-19(26)3-2-5-28-23/h2-9,13,16H,11-12H2,1H3,(H,29,33)(H,30,34). The van der Waals surface area contributed by atoms with Gasteiger partial charge in [-0.1, -0.05) is 11.6 Å². The van der Waals surface area contributed by atoms with Crippen LogP contribution in [0.4, 0.5) is 5.69 Å². The summed E-state index contributed by atoms with van der Waals surface area (Å²) in [6.45, 7) is 2.51. The summed E-state index contributed by atoms with van der Waals surface area (Å²) in [5, 5.41) is 23.4. The smallest absolute Gasteiger partial charge is 0.274 e. The van der Waals surface area contributed by atoms with Crippen LogP contribution in [-0.2, 0) is 4.74 Å². The van der Waals surface area contributed by atoms with E-state index in [0.717, 1.165) is 0 Å². The Morgan fingerprint density at radius 3 is 2.78 bits per heavy atom. The number of amides is 2. The van der Waals surface area contributed by atoms with E-state index in [4.69, 9.17) is 21.1 Å². The lowest BCUT2D eigenvalue weighted by atomic mass is 10.0. The van der Waals surface area contributed by atoms with Gasteiger partial charge in [-0.05, 0) is 48.2 Å². The second kappa shape index (κ2) is 10.4. The number of carbonyl (C=O) groups excluding carboxylic acids is 2. The molecule has 4 aromatic rings. The van der Waals surface area contributed by atoms with E-state index in [1.165, 1.54) is 34.3 Å². The maximum Gasteiger partial charge on any atom is 0.274 e. The van der Waals surface area contributed by atoms with Crippen LogP contribution in [0, 0.1) is 18.3 Å². The summed E-state index contributed by atoms with van der Waals surface area (Å²) in [6, 6.07) is 11.5.